The van der Waals surface area contributed by atoms with Crippen molar-refractivity contribution in [3.05, 3.63) is 39.1 Å². The van der Waals surface area contributed by atoms with Gasteiger partial charge in [-0.2, -0.15) is 13.2 Å². The van der Waals surface area contributed by atoms with Crippen LogP contribution in [0.3, 0.4) is 0 Å². The van der Waals surface area contributed by atoms with Crippen molar-refractivity contribution in [1.82, 2.24) is 20.0 Å². The summed E-state index contributed by atoms with van der Waals surface area (Å²) in [7, 11) is 0. The third-order valence-electron chi connectivity index (χ3n) is 5.08. The van der Waals surface area contributed by atoms with Gasteiger partial charge in [0.05, 0.1) is 27.8 Å². The third-order valence-corrected chi connectivity index (χ3v) is 6.00. The van der Waals surface area contributed by atoms with Gasteiger partial charge in [0.1, 0.15) is 4.88 Å². The lowest BCUT2D eigenvalue weighted by Crippen LogP contribution is -2.38. The maximum Gasteiger partial charge on any atom is 0.417 e. The van der Waals surface area contributed by atoms with Crippen LogP contribution in [0, 0.1) is 13.8 Å². The van der Waals surface area contributed by atoms with Gasteiger partial charge in [-0.15, -0.1) is 11.3 Å². The summed E-state index contributed by atoms with van der Waals surface area (Å²) in [6.45, 7) is 4.16. The fourth-order valence-corrected chi connectivity index (χ4v) is 4.34. The Kier molecular flexibility index (Phi) is 4.60. The number of hydrogen-bond acceptors (Lipinski definition) is 6. The number of halogens is 3. The number of alkyl halides is 3. The molecule has 3 aromatic heterocycles. The van der Waals surface area contributed by atoms with Gasteiger partial charge in [0, 0.05) is 24.7 Å². The molecule has 1 aliphatic heterocycles. The van der Waals surface area contributed by atoms with Crippen LogP contribution in [-0.4, -0.2) is 39.0 Å². The Hall–Kier alpha value is -2.49. The van der Waals surface area contributed by atoms with Gasteiger partial charge in [-0.05, 0) is 32.8 Å². The molecule has 1 amide bonds. The van der Waals surface area contributed by atoms with E-state index >= 15 is 0 Å². The van der Waals surface area contributed by atoms with Crippen molar-refractivity contribution in [1.29, 1.82) is 0 Å². The van der Waals surface area contributed by atoms with Gasteiger partial charge in [-0.3, -0.25) is 4.79 Å². The Bertz CT molecular complexity index is 1040. The molecule has 1 fully saturated rings. The van der Waals surface area contributed by atoms with E-state index in [1.165, 1.54) is 18.3 Å². The first-order chi connectivity index (χ1) is 13.3. The molecule has 148 valence electrons. The van der Waals surface area contributed by atoms with Crippen LogP contribution in [0.1, 0.15) is 51.1 Å². The lowest BCUT2D eigenvalue weighted by atomic mass is 9.91. The van der Waals surface area contributed by atoms with Crippen LogP contribution in [0.2, 0.25) is 0 Å². The molecule has 1 saturated heterocycles. The first kappa shape index (κ1) is 18.9. The maximum absolute atomic E-state index is 13.5. The molecule has 0 radical (unpaired) electrons. The van der Waals surface area contributed by atoms with Gasteiger partial charge in [-0.1, -0.05) is 5.16 Å². The molecule has 1 aliphatic rings. The highest BCUT2D eigenvalue weighted by Gasteiger charge is 2.37. The highest BCUT2D eigenvalue weighted by molar-refractivity contribution is 7.11. The topological polar surface area (TPSA) is 72.1 Å². The van der Waals surface area contributed by atoms with Gasteiger partial charge in [0.15, 0.2) is 0 Å². The first-order valence-corrected chi connectivity index (χ1v) is 9.67. The minimum atomic E-state index is -4.52. The number of rotatable bonds is 2. The molecule has 28 heavy (non-hydrogen) atoms. The first-order valence-electron chi connectivity index (χ1n) is 8.79. The van der Waals surface area contributed by atoms with E-state index in [1.54, 1.807) is 17.3 Å². The normalized spacial score (nSPS) is 16.1. The fourth-order valence-electron chi connectivity index (χ4n) is 3.58. The Balaban J connectivity index is 1.57. The van der Waals surface area contributed by atoms with E-state index in [9.17, 15) is 18.0 Å². The summed E-state index contributed by atoms with van der Waals surface area (Å²) < 4.78 is 45.6. The van der Waals surface area contributed by atoms with Crippen molar-refractivity contribution in [2.75, 3.05) is 13.1 Å². The molecule has 3 aromatic rings. The molecule has 10 heteroatoms. The zero-order chi connectivity index (χ0) is 20.1. The van der Waals surface area contributed by atoms with E-state index < -0.39 is 11.7 Å². The van der Waals surface area contributed by atoms with Crippen molar-refractivity contribution in [3.8, 4) is 0 Å². The van der Waals surface area contributed by atoms with Gasteiger partial charge in [0.2, 0.25) is 0 Å². The molecule has 0 aliphatic carbocycles. The van der Waals surface area contributed by atoms with E-state index in [0.29, 0.717) is 42.2 Å². The van der Waals surface area contributed by atoms with Crippen LogP contribution in [0.5, 0.6) is 0 Å². The van der Waals surface area contributed by atoms with Gasteiger partial charge >= 0.3 is 6.18 Å². The molecule has 0 aromatic carbocycles. The van der Waals surface area contributed by atoms with Gasteiger partial charge < -0.3 is 9.42 Å². The number of amides is 1. The number of fused-ring (bicyclic) bond motifs is 1. The molecule has 0 atom stereocenters. The maximum atomic E-state index is 13.5. The molecule has 4 rings (SSSR count). The quantitative estimate of drug-likeness (QED) is 0.629. The van der Waals surface area contributed by atoms with E-state index in [4.69, 9.17) is 4.52 Å². The van der Waals surface area contributed by atoms with E-state index in [2.05, 4.69) is 15.1 Å². The number of carbonyl (C=O) groups excluding carboxylic acids is 1. The number of likely N-dealkylation sites (tertiary alicyclic amines) is 1. The third kappa shape index (κ3) is 3.25. The summed E-state index contributed by atoms with van der Waals surface area (Å²) in [6.07, 6.45) is -3.45. The van der Waals surface area contributed by atoms with Crippen LogP contribution in [0.25, 0.3) is 11.1 Å². The minimum Gasteiger partial charge on any atom is -0.338 e. The summed E-state index contributed by atoms with van der Waals surface area (Å²) in [5, 5.41) is 3.54. The molecular weight excluding hydrogens is 393 g/mol. The Morgan fingerprint density at radius 1 is 1.25 bits per heavy atom. The predicted octanol–water partition coefficient (Wildman–Crippen LogP) is 4.33. The van der Waals surface area contributed by atoms with Gasteiger partial charge in [-0.25, -0.2) is 9.97 Å². The van der Waals surface area contributed by atoms with Crippen molar-refractivity contribution < 1.29 is 22.5 Å². The molecule has 4 heterocycles. The number of hydrogen-bond donors (Lipinski definition) is 0. The van der Waals surface area contributed by atoms with E-state index in [-0.39, 0.29) is 28.6 Å². The highest BCUT2D eigenvalue weighted by Crippen LogP contribution is 2.39. The van der Waals surface area contributed by atoms with Crippen LogP contribution in [0.15, 0.2) is 16.1 Å². The zero-order valence-electron chi connectivity index (χ0n) is 15.2. The minimum absolute atomic E-state index is 0.0799. The van der Waals surface area contributed by atoms with Crippen molar-refractivity contribution >= 4 is 28.3 Å². The lowest BCUT2D eigenvalue weighted by Gasteiger charge is -2.31. The van der Waals surface area contributed by atoms with Crippen LogP contribution in [-0.2, 0) is 6.18 Å². The fraction of sp³-hybridized carbons (Fsp3) is 0.444. The second kappa shape index (κ2) is 6.84. The van der Waals surface area contributed by atoms with Crippen LogP contribution in [0.4, 0.5) is 13.2 Å². The Labute approximate surface area is 162 Å². The number of carbonyl (C=O) groups is 1. The van der Waals surface area contributed by atoms with E-state index in [0.717, 1.165) is 6.07 Å². The Morgan fingerprint density at radius 3 is 2.57 bits per heavy atom. The van der Waals surface area contributed by atoms with Gasteiger partial charge in [0.25, 0.3) is 11.6 Å². The summed E-state index contributed by atoms with van der Waals surface area (Å²) in [5.74, 6) is -0.258. The second-order valence-corrected chi connectivity index (χ2v) is 7.73. The van der Waals surface area contributed by atoms with Crippen molar-refractivity contribution in [2.45, 2.75) is 38.8 Å². The lowest BCUT2D eigenvalue weighted by molar-refractivity contribution is -0.136. The number of aromatic nitrogens is 3. The summed E-state index contributed by atoms with van der Waals surface area (Å²) in [4.78, 5) is 23.3. The number of thiazole rings is 1. The molecule has 0 saturated carbocycles. The number of pyridine rings is 1. The molecule has 6 nitrogen and oxygen atoms in total. The molecule has 0 N–H and O–H groups in total. The summed E-state index contributed by atoms with van der Waals surface area (Å²) >= 11 is 1.30. The SMILES string of the molecule is Cc1ncsc1C(=O)N1CCC(c2cc(C(F)(F)F)c3c(C)noc3n2)CC1. The second-order valence-electron chi connectivity index (χ2n) is 6.87. The standard InChI is InChI=1S/C18H17F3N4O2S/c1-9-14-12(18(19,20)21)7-13(23-16(14)27-24-9)11-3-5-25(6-4-11)17(26)15-10(2)22-8-28-15/h7-8,11H,3-6H2,1-2H3. The smallest absolute Gasteiger partial charge is 0.338 e. The average Bonchev–Trinajstić information content (AvgIpc) is 3.25. The average molecular weight is 410 g/mol. The monoisotopic (exact) mass is 410 g/mol. The van der Waals surface area contributed by atoms with Crippen LogP contribution < -0.4 is 0 Å². The molecule has 0 spiro atoms. The Morgan fingerprint density at radius 2 is 1.96 bits per heavy atom. The summed E-state index contributed by atoms with van der Waals surface area (Å²) in [6, 6.07) is 1.10. The predicted molar refractivity (Wildman–Crippen MR) is 96.3 cm³/mol. The number of aryl methyl sites for hydroxylation is 2. The summed E-state index contributed by atoms with van der Waals surface area (Å²) in [5.41, 5.74) is 1.96. The van der Waals surface area contributed by atoms with Crippen LogP contribution >= 0.6 is 11.3 Å². The van der Waals surface area contributed by atoms with E-state index in [1.807, 2.05) is 0 Å². The molecular formula is C18H17F3N4O2S. The highest BCUT2D eigenvalue weighted by atomic mass is 32.1. The zero-order valence-corrected chi connectivity index (χ0v) is 16.0. The largest absolute Gasteiger partial charge is 0.417 e. The number of nitrogens with zero attached hydrogens (tertiary/aromatic N) is 4. The van der Waals surface area contributed by atoms with Crippen molar-refractivity contribution in [3.63, 3.8) is 0 Å². The number of piperidine rings is 1. The molecule has 0 unspecified atom stereocenters. The van der Waals surface area contributed by atoms with Crippen molar-refractivity contribution in [2.24, 2.45) is 0 Å². The molecule has 0 bridgehead atoms.